The lowest BCUT2D eigenvalue weighted by Crippen LogP contribution is -2.03. The average molecular weight is 252 g/mol. The van der Waals surface area contributed by atoms with Crippen LogP contribution >= 0.6 is 0 Å². The monoisotopic (exact) mass is 252 g/mol. The molecule has 0 aliphatic rings. The highest BCUT2D eigenvalue weighted by atomic mass is 19.1. The van der Waals surface area contributed by atoms with Gasteiger partial charge in [0.2, 0.25) is 0 Å². The van der Waals surface area contributed by atoms with Gasteiger partial charge in [0.25, 0.3) is 5.91 Å². The Kier molecular flexibility index (Phi) is 3.79. The first-order valence-corrected chi connectivity index (χ1v) is 5.55. The fourth-order valence-electron chi connectivity index (χ4n) is 1.51. The SMILES string of the molecule is N#CC(=NC(=O)c1ccccc1)c1ccc(F)cc1. The van der Waals surface area contributed by atoms with Crippen LogP contribution in [0.5, 0.6) is 0 Å². The maximum absolute atomic E-state index is 12.8. The number of benzene rings is 2. The summed E-state index contributed by atoms with van der Waals surface area (Å²) in [4.78, 5) is 15.6. The first-order chi connectivity index (χ1) is 9.20. The molecule has 0 aliphatic heterocycles. The lowest BCUT2D eigenvalue weighted by molar-refractivity contribution is 0.100. The molecular formula is C15H9FN2O. The lowest BCUT2D eigenvalue weighted by Gasteiger charge is -1.98. The Morgan fingerprint density at radius 3 is 2.21 bits per heavy atom. The molecule has 0 heterocycles. The number of aliphatic imine (C=N–C) groups is 1. The van der Waals surface area contributed by atoms with Gasteiger partial charge in [-0.25, -0.2) is 4.39 Å². The van der Waals surface area contributed by atoms with Gasteiger partial charge < -0.3 is 0 Å². The smallest absolute Gasteiger partial charge is 0.267 e. The molecule has 2 aromatic rings. The molecule has 0 atom stereocenters. The molecule has 0 radical (unpaired) electrons. The molecule has 3 nitrogen and oxygen atoms in total. The van der Waals surface area contributed by atoms with Gasteiger partial charge in [0.05, 0.1) is 0 Å². The van der Waals surface area contributed by atoms with E-state index in [0.29, 0.717) is 11.1 Å². The molecule has 2 aromatic carbocycles. The van der Waals surface area contributed by atoms with E-state index in [4.69, 9.17) is 5.26 Å². The van der Waals surface area contributed by atoms with Crippen LogP contribution in [0, 0.1) is 17.1 Å². The van der Waals surface area contributed by atoms with Crippen molar-refractivity contribution in [1.29, 1.82) is 5.26 Å². The van der Waals surface area contributed by atoms with Crippen molar-refractivity contribution in [2.45, 2.75) is 0 Å². The number of hydrogen-bond donors (Lipinski definition) is 0. The molecule has 0 spiro atoms. The summed E-state index contributed by atoms with van der Waals surface area (Å²) in [7, 11) is 0. The molecule has 0 fully saturated rings. The van der Waals surface area contributed by atoms with E-state index in [1.54, 1.807) is 30.3 Å². The van der Waals surface area contributed by atoms with Gasteiger partial charge in [0.15, 0.2) is 5.71 Å². The Balaban J connectivity index is 2.33. The second-order valence-electron chi connectivity index (χ2n) is 3.75. The summed E-state index contributed by atoms with van der Waals surface area (Å²) in [5.41, 5.74) is 0.777. The van der Waals surface area contributed by atoms with Gasteiger partial charge in [0, 0.05) is 11.1 Å². The number of halogens is 1. The van der Waals surface area contributed by atoms with Crippen molar-refractivity contribution in [3.05, 3.63) is 71.5 Å². The molecule has 4 heteroatoms. The van der Waals surface area contributed by atoms with E-state index < -0.39 is 11.7 Å². The summed E-state index contributed by atoms with van der Waals surface area (Å²) < 4.78 is 12.8. The first-order valence-electron chi connectivity index (χ1n) is 5.55. The second kappa shape index (κ2) is 5.69. The van der Waals surface area contributed by atoms with Crippen molar-refractivity contribution in [3.63, 3.8) is 0 Å². The normalized spacial score (nSPS) is 10.8. The quantitative estimate of drug-likeness (QED) is 0.771. The molecule has 0 unspecified atom stereocenters. The van der Waals surface area contributed by atoms with E-state index >= 15 is 0 Å². The Bertz CT molecular complexity index is 655. The molecule has 1 amide bonds. The average Bonchev–Trinajstić information content (AvgIpc) is 2.46. The van der Waals surface area contributed by atoms with Gasteiger partial charge in [-0.15, -0.1) is 0 Å². The number of hydrogen-bond acceptors (Lipinski definition) is 2. The van der Waals surface area contributed by atoms with E-state index in [1.807, 2.05) is 6.07 Å². The summed E-state index contributed by atoms with van der Waals surface area (Å²) in [6.45, 7) is 0. The largest absolute Gasteiger partial charge is 0.278 e. The first kappa shape index (κ1) is 12.7. The number of amides is 1. The maximum Gasteiger partial charge on any atom is 0.278 e. The third kappa shape index (κ3) is 3.11. The third-order valence-electron chi connectivity index (χ3n) is 2.46. The van der Waals surface area contributed by atoms with Crippen molar-refractivity contribution in [2.24, 2.45) is 4.99 Å². The zero-order valence-corrected chi connectivity index (χ0v) is 9.88. The van der Waals surface area contributed by atoms with Crippen molar-refractivity contribution in [3.8, 4) is 6.07 Å². The Hall–Kier alpha value is -2.80. The maximum atomic E-state index is 12.8. The third-order valence-corrected chi connectivity index (χ3v) is 2.46. The summed E-state index contributed by atoms with van der Waals surface area (Å²) >= 11 is 0. The molecule has 0 bridgehead atoms. The number of nitriles is 1. The van der Waals surface area contributed by atoms with Crippen LogP contribution in [0.4, 0.5) is 4.39 Å². The number of nitrogens with zero attached hydrogens (tertiary/aromatic N) is 2. The Morgan fingerprint density at radius 2 is 1.63 bits per heavy atom. The van der Waals surface area contributed by atoms with Gasteiger partial charge in [0.1, 0.15) is 11.9 Å². The molecule has 92 valence electrons. The fraction of sp³-hybridized carbons (Fsp3) is 0. The van der Waals surface area contributed by atoms with Gasteiger partial charge in [-0.2, -0.15) is 10.3 Å². The minimum absolute atomic E-state index is 0.0335. The summed E-state index contributed by atoms with van der Waals surface area (Å²) in [5, 5.41) is 9.02. The fourth-order valence-corrected chi connectivity index (χ4v) is 1.51. The van der Waals surface area contributed by atoms with E-state index in [0.717, 1.165) is 0 Å². The standard InChI is InChI=1S/C15H9FN2O/c16-13-8-6-11(7-9-13)14(10-17)18-15(19)12-4-2-1-3-5-12/h1-9H. The molecule has 0 aromatic heterocycles. The van der Waals surface area contributed by atoms with Crippen molar-refractivity contribution >= 4 is 11.6 Å². The summed E-state index contributed by atoms with van der Waals surface area (Å²) in [6.07, 6.45) is 0. The second-order valence-corrected chi connectivity index (χ2v) is 3.75. The van der Waals surface area contributed by atoms with E-state index in [1.165, 1.54) is 24.3 Å². The van der Waals surface area contributed by atoms with E-state index in [2.05, 4.69) is 4.99 Å². The predicted octanol–water partition coefficient (Wildman–Crippen LogP) is 2.98. The molecule has 0 N–H and O–H groups in total. The van der Waals surface area contributed by atoms with Crippen LogP contribution in [0.2, 0.25) is 0 Å². The minimum atomic E-state index is -0.499. The molecule has 0 saturated carbocycles. The molecule has 2 rings (SSSR count). The highest BCUT2D eigenvalue weighted by Crippen LogP contribution is 2.07. The van der Waals surface area contributed by atoms with E-state index in [-0.39, 0.29) is 5.71 Å². The van der Waals surface area contributed by atoms with Crippen LogP contribution in [0.25, 0.3) is 0 Å². The summed E-state index contributed by atoms with van der Waals surface area (Å²) in [6, 6.07) is 15.6. The molecular weight excluding hydrogens is 243 g/mol. The van der Waals surface area contributed by atoms with Crippen LogP contribution in [0.3, 0.4) is 0 Å². The Labute approximate surface area is 109 Å². The lowest BCUT2D eigenvalue weighted by atomic mass is 10.1. The predicted molar refractivity (Wildman–Crippen MR) is 69.3 cm³/mol. The molecule has 0 saturated heterocycles. The molecule has 0 aliphatic carbocycles. The van der Waals surface area contributed by atoms with Crippen LogP contribution in [0.1, 0.15) is 15.9 Å². The topological polar surface area (TPSA) is 53.2 Å². The zero-order valence-electron chi connectivity index (χ0n) is 9.88. The van der Waals surface area contributed by atoms with Crippen LogP contribution < -0.4 is 0 Å². The zero-order chi connectivity index (χ0) is 13.7. The Morgan fingerprint density at radius 1 is 1.00 bits per heavy atom. The van der Waals surface area contributed by atoms with Crippen LogP contribution in [-0.4, -0.2) is 11.6 Å². The highest BCUT2D eigenvalue weighted by molar-refractivity contribution is 6.17. The van der Waals surface area contributed by atoms with Crippen LogP contribution in [0.15, 0.2) is 59.6 Å². The number of rotatable bonds is 2. The van der Waals surface area contributed by atoms with Crippen molar-refractivity contribution < 1.29 is 9.18 Å². The van der Waals surface area contributed by atoms with Crippen molar-refractivity contribution in [1.82, 2.24) is 0 Å². The van der Waals surface area contributed by atoms with Gasteiger partial charge >= 0.3 is 0 Å². The minimum Gasteiger partial charge on any atom is -0.267 e. The van der Waals surface area contributed by atoms with Gasteiger partial charge in [-0.3, -0.25) is 4.79 Å². The highest BCUT2D eigenvalue weighted by Gasteiger charge is 2.08. The van der Waals surface area contributed by atoms with Gasteiger partial charge in [-0.1, -0.05) is 18.2 Å². The number of carbonyl (C=O) groups is 1. The summed E-state index contributed by atoms with van der Waals surface area (Å²) in [5.74, 6) is -0.906. The van der Waals surface area contributed by atoms with E-state index in [9.17, 15) is 9.18 Å². The van der Waals surface area contributed by atoms with Crippen LogP contribution in [-0.2, 0) is 0 Å². The van der Waals surface area contributed by atoms with Gasteiger partial charge in [-0.05, 0) is 36.4 Å². The van der Waals surface area contributed by atoms with Crippen molar-refractivity contribution in [2.75, 3.05) is 0 Å². The number of carbonyl (C=O) groups excluding carboxylic acids is 1. The molecule has 19 heavy (non-hydrogen) atoms.